The van der Waals surface area contributed by atoms with E-state index in [-0.39, 0.29) is 17.0 Å². The van der Waals surface area contributed by atoms with Crippen molar-refractivity contribution in [2.24, 2.45) is 0 Å². The highest BCUT2D eigenvalue weighted by molar-refractivity contribution is 6.06. The zero-order valence-corrected chi connectivity index (χ0v) is 11.3. The molecule has 0 atom stereocenters. The lowest BCUT2D eigenvalue weighted by molar-refractivity contribution is 0.0690. The molecule has 0 aromatic heterocycles. The first-order valence-corrected chi connectivity index (χ1v) is 6.00. The van der Waals surface area contributed by atoms with Gasteiger partial charge in [-0.25, -0.2) is 4.79 Å². The Morgan fingerprint density at radius 3 is 2.32 bits per heavy atom. The smallest absolute Gasteiger partial charge is 0.336 e. The lowest BCUT2D eigenvalue weighted by Crippen LogP contribution is -2.27. The number of carboxylic acids is 1. The molecule has 1 rings (SSSR count). The van der Waals surface area contributed by atoms with E-state index >= 15 is 0 Å². The highest BCUT2D eigenvalue weighted by Gasteiger charge is 2.20. The maximum absolute atomic E-state index is 12.1. The number of aromatic carboxylic acids is 1. The summed E-state index contributed by atoms with van der Waals surface area (Å²) in [6.45, 7) is 5.55. The van der Waals surface area contributed by atoms with Crippen molar-refractivity contribution < 1.29 is 14.7 Å². The summed E-state index contributed by atoms with van der Waals surface area (Å²) in [6, 6.07) is 3.46. The second-order valence-corrected chi connectivity index (χ2v) is 4.19. The first kappa shape index (κ1) is 14.8. The number of carbonyl (C=O) groups excluding carboxylic acids is 1. The minimum Gasteiger partial charge on any atom is -0.478 e. The van der Waals surface area contributed by atoms with Crippen molar-refractivity contribution in [3.8, 4) is 11.8 Å². The Labute approximate surface area is 112 Å². The fraction of sp³-hybridized carbons (Fsp3) is 0.333. The van der Waals surface area contributed by atoms with Crippen LogP contribution in [0.1, 0.15) is 45.2 Å². The predicted molar refractivity (Wildman–Crippen MR) is 73.3 cm³/mol. The monoisotopic (exact) mass is 259 g/mol. The second-order valence-electron chi connectivity index (χ2n) is 4.19. The minimum absolute atomic E-state index is 0.0686. The molecule has 0 aliphatic carbocycles. The average Bonchev–Trinajstić information content (AvgIpc) is 2.36. The highest BCUT2D eigenvalue weighted by Crippen LogP contribution is 2.18. The maximum Gasteiger partial charge on any atom is 0.336 e. The molecule has 0 heterocycles. The lowest BCUT2D eigenvalue weighted by Gasteiger charge is -2.12. The third-order valence-corrected chi connectivity index (χ3v) is 2.78. The maximum atomic E-state index is 12.1. The zero-order chi connectivity index (χ0) is 14.4. The molecule has 1 aromatic carbocycles. The summed E-state index contributed by atoms with van der Waals surface area (Å²) >= 11 is 0. The molecule has 0 bridgehead atoms. The Morgan fingerprint density at radius 2 is 1.79 bits per heavy atom. The first-order valence-electron chi connectivity index (χ1n) is 6.00. The van der Waals surface area contributed by atoms with Crippen LogP contribution in [0.5, 0.6) is 0 Å². The summed E-state index contributed by atoms with van der Waals surface area (Å²) in [6.07, 6.45) is 0.551. The van der Waals surface area contributed by atoms with E-state index < -0.39 is 5.97 Å². The fourth-order valence-electron chi connectivity index (χ4n) is 1.83. The second kappa shape index (κ2) is 6.60. The van der Waals surface area contributed by atoms with Crippen LogP contribution in [0.15, 0.2) is 12.1 Å². The number of benzene rings is 1. The molecule has 4 nitrogen and oxygen atoms in total. The Bertz CT molecular complexity index is 565. The van der Waals surface area contributed by atoms with Crippen molar-refractivity contribution in [2.75, 3.05) is 6.54 Å². The van der Waals surface area contributed by atoms with E-state index in [0.29, 0.717) is 24.1 Å². The predicted octanol–water partition coefficient (Wildman–Crippen LogP) is 2.14. The van der Waals surface area contributed by atoms with Gasteiger partial charge in [-0.1, -0.05) is 12.1 Å². The van der Waals surface area contributed by atoms with E-state index in [1.165, 1.54) is 0 Å². The van der Waals surface area contributed by atoms with Gasteiger partial charge in [0, 0.05) is 13.0 Å². The number of carbonyl (C=O) groups is 2. The Morgan fingerprint density at radius 1 is 1.21 bits per heavy atom. The van der Waals surface area contributed by atoms with Crippen LogP contribution in [0.25, 0.3) is 0 Å². The Hall–Kier alpha value is -2.28. The lowest BCUT2D eigenvalue weighted by atomic mass is 9.96. The third kappa shape index (κ3) is 3.59. The van der Waals surface area contributed by atoms with Gasteiger partial charge >= 0.3 is 5.97 Å². The van der Waals surface area contributed by atoms with Crippen LogP contribution < -0.4 is 5.32 Å². The van der Waals surface area contributed by atoms with Crippen LogP contribution in [-0.4, -0.2) is 23.5 Å². The molecule has 0 saturated carbocycles. The number of nitrogens with one attached hydrogen (secondary N) is 1. The molecule has 0 unspecified atom stereocenters. The molecule has 1 amide bonds. The first-order chi connectivity index (χ1) is 8.99. The van der Waals surface area contributed by atoms with Crippen LogP contribution in [-0.2, 0) is 0 Å². The van der Waals surface area contributed by atoms with Crippen molar-refractivity contribution in [1.82, 2.24) is 5.32 Å². The zero-order valence-electron chi connectivity index (χ0n) is 11.3. The summed E-state index contributed by atoms with van der Waals surface area (Å²) in [5.41, 5.74) is 1.54. The molecule has 0 saturated heterocycles. The van der Waals surface area contributed by atoms with E-state index in [1.54, 1.807) is 32.9 Å². The molecule has 0 spiro atoms. The standard InChI is InChI=1S/C15H17NO3/c1-4-5-6-9-16-14(17)12-10(2)7-8-11(3)13(12)15(18)19/h7-8H,6,9H2,1-3H3,(H,16,17)(H,18,19). The molecule has 0 radical (unpaired) electrons. The van der Waals surface area contributed by atoms with Gasteiger partial charge in [-0.05, 0) is 31.9 Å². The van der Waals surface area contributed by atoms with Gasteiger partial charge in [-0.3, -0.25) is 4.79 Å². The van der Waals surface area contributed by atoms with Crippen LogP contribution >= 0.6 is 0 Å². The SMILES string of the molecule is CC#CCCNC(=O)c1c(C)ccc(C)c1C(=O)O. The van der Waals surface area contributed by atoms with Gasteiger partial charge in [0.2, 0.25) is 0 Å². The fourth-order valence-corrected chi connectivity index (χ4v) is 1.83. The van der Waals surface area contributed by atoms with Crippen molar-refractivity contribution in [2.45, 2.75) is 27.2 Å². The van der Waals surface area contributed by atoms with Crippen molar-refractivity contribution in [3.05, 3.63) is 34.4 Å². The summed E-state index contributed by atoms with van der Waals surface area (Å²) in [5.74, 6) is 4.13. The summed E-state index contributed by atoms with van der Waals surface area (Å²) in [7, 11) is 0. The van der Waals surface area contributed by atoms with Crippen LogP contribution in [0.2, 0.25) is 0 Å². The minimum atomic E-state index is -1.08. The molecular weight excluding hydrogens is 242 g/mol. The van der Waals surface area contributed by atoms with Gasteiger partial charge < -0.3 is 10.4 Å². The van der Waals surface area contributed by atoms with Crippen molar-refractivity contribution in [3.63, 3.8) is 0 Å². The van der Waals surface area contributed by atoms with Gasteiger partial charge in [0.05, 0.1) is 11.1 Å². The Kier molecular flexibility index (Phi) is 5.13. The molecule has 0 aliphatic rings. The molecule has 0 aliphatic heterocycles. The molecule has 19 heavy (non-hydrogen) atoms. The number of hydrogen-bond donors (Lipinski definition) is 2. The summed E-state index contributed by atoms with van der Waals surface area (Å²) in [4.78, 5) is 23.4. The molecule has 2 N–H and O–H groups in total. The number of rotatable bonds is 4. The average molecular weight is 259 g/mol. The third-order valence-electron chi connectivity index (χ3n) is 2.78. The van der Waals surface area contributed by atoms with E-state index in [2.05, 4.69) is 17.2 Å². The number of hydrogen-bond acceptors (Lipinski definition) is 2. The highest BCUT2D eigenvalue weighted by atomic mass is 16.4. The van der Waals surface area contributed by atoms with E-state index in [9.17, 15) is 14.7 Å². The van der Waals surface area contributed by atoms with Crippen molar-refractivity contribution >= 4 is 11.9 Å². The van der Waals surface area contributed by atoms with E-state index in [0.717, 1.165) is 0 Å². The Balaban J connectivity index is 3.03. The van der Waals surface area contributed by atoms with Crippen LogP contribution in [0.4, 0.5) is 0 Å². The normalized spacial score (nSPS) is 9.42. The van der Waals surface area contributed by atoms with E-state index in [1.807, 2.05) is 0 Å². The summed E-state index contributed by atoms with van der Waals surface area (Å²) in [5, 5.41) is 11.9. The van der Waals surface area contributed by atoms with Gasteiger partial charge in [0.25, 0.3) is 5.91 Å². The van der Waals surface area contributed by atoms with Crippen molar-refractivity contribution in [1.29, 1.82) is 0 Å². The molecular formula is C15H17NO3. The molecule has 100 valence electrons. The quantitative estimate of drug-likeness (QED) is 0.643. The number of carboxylic acid groups (broad SMARTS) is 1. The topological polar surface area (TPSA) is 66.4 Å². The number of aryl methyl sites for hydroxylation is 2. The van der Waals surface area contributed by atoms with Gasteiger partial charge in [0.1, 0.15) is 0 Å². The molecule has 4 heteroatoms. The molecule has 0 fully saturated rings. The molecule has 1 aromatic rings. The van der Waals surface area contributed by atoms with E-state index in [4.69, 9.17) is 0 Å². The number of amides is 1. The van der Waals surface area contributed by atoms with Crippen LogP contribution in [0, 0.1) is 25.7 Å². The van der Waals surface area contributed by atoms with Gasteiger partial charge in [-0.2, -0.15) is 0 Å². The largest absolute Gasteiger partial charge is 0.478 e. The van der Waals surface area contributed by atoms with Gasteiger partial charge in [0.15, 0.2) is 0 Å². The summed E-state index contributed by atoms with van der Waals surface area (Å²) < 4.78 is 0. The van der Waals surface area contributed by atoms with Crippen LogP contribution in [0.3, 0.4) is 0 Å². The van der Waals surface area contributed by atoms with Gasteiger partial charge in [-0.15, -0.1) is 11.8 Å².